The average Bonchev–Trinajstić information content (AvgIpc) is 3.12. The van der Waals surface area contributed by atoms with Crippen molar-refractivity contribution in [2.24, 2.45) is 5.73 Å². The molecule has 2 N–H and O–H groups in total. The maximum absolute atomic E-state index is 12.8. The van der Waals surface area contributed by atoms with Gasteiger partial charge in [0.25, 0.3) is 0 Å². The molecule has 0 radical (unpaired) electrons. The SMILES string of the molecule is Cc1cnc(C)c(Oc2cc(Cl)ccc2[C@H]2CC(=O)N(c3cccc(C(N)=O)c3)C2)n1. The maximum atomic E-state index is 12.8. The highest BCUT2D eigenvalue weighted by Crippen LogP contribution is 2.39. The number of nitrogens with two attached hydrogens (primary N) is 1. The first-order valence-electron chi connectivity index (χ1n) is 9.79. The molecule has 3 aromatic rings. The Morgan fingerprint density at radius 3 is 2.81 bits per heavy atom. The first-order valence-corrected chi connectivity index (χ1v) is 10.2. The number of benzene rings is 2. The molecule has 2 aromatic carbocycles. The number of carbonyl (C=O) groups is 2. The van der Waals surface area contributed by atoms with Crippen LogP contribution in [0.4, 0.5) is 5.69 Å². The van der Waals surface area contributed by atoms with E-state index in [1.54, 1.807) is 47.5 Å². The summed E-state index contributed by atoms with van der Waals surface area (Å²) >= 11 is 6.22. The van der Waals surface area contributed by atoms with E-state index in [0.717, 1.165) is 11.3 Å². The second kappa shape index (κ2) is 8.35. The average molecular weight is 437 g/mol. The van der Waals surface area contributed by atoms with Crippen LogP contribution < -0.4 is 15.4 Å². The third-order valence-corrected chi connectivity index (χ3v) is 5.46. The highest BCUT2D eigenvalue weighted by molar-refractivity contribution is 6.30. The van der Waals surface area contributed by atoms with Crippen molar-refractivity contribution >= 4 is 29.1 Å². The monoisotopic (exact) mass is 436 g/mol. The van der Waals surface area contributed by atoms with Gasteiger partial charge in [-0.3, -0.25) is 14.6 Å². The minimum Gasteiger partial charge on any atom is -0.437 e. The van der Waals surface area contributed by atoms with Crippen LogP contribution >= 0.6 is 11.6 Å². The van der Waals surface area contributed by atoms with Gasteiger partial charge < -0.3 is 15.4 Å². The molecule has 7 nitrogen and oxygen atoms in total. The van der Waals surface area contributed by atoms with Crippen LogP contribution in [0, 0.1) is 13.8 Å². The van der Waals surface area contributed by atoms with E-state index < -0.39 is 5.91 Å². The minimum atomic E-state index is -0.534. The van der Waals surface area contributed by atoms with Gasteiger partial charge in [0.2, 0.25) is 17.7 Å². The molecular weight excluding hydrogens is 416 g/mol. The van der Waals surface area contributed by atoms with E-state index in [1.807, 2.05) is 19.9 Å². The molecule has 0 bridgehead atoms. The summed E-state index contributed by atoms with van der Waals surface area (Å²) in [7, 11) is 0. The summed E-state index contributed by atoms with van der Waals surface area (Å²) in [6.45, 7) is 4.10. The minimum absolute atomic E-state index is 0.0425. The van der Waals surface area contributed by atoms with Gasteiger partial charge in [0, 0.05) is 46.9 Å². The Labute approximate surface area is 184 Å². The fraction of sp³-hybridized carbons (Fsp3) is 0.217. The Morgan fingerprint density at radius 1 is 1.23 bits per heavy atom. The zero-order chi connectivity index (χ0) is 22.1. The molecule has 0 saturated carbocycles. The summed E-state index contributed by atoms with van der Waals surface area (Å²) in [4.78, 5) is 34.7. The Morgan fingerprint density at radius 2 is 2.03 bits per heavy atom. The quantitative estimate of drug-likeness (QED) is 0.647. The number of anilines is 1. The number of carbonyl (C=O) groups excluding carboxylic acids is 2. The van der Waals surface area contributed by atoms with E-state index in [2.05, 4.69) is 9.97 Å². The van der Waals surface area contributed by atoms with Gasteiger partial charge in [0.15, 0.2) is 0 Å². The van der Waals surface area contributed by atoms with Gasteiger partial charge in [-0.2, -0.15) is 0 Å². The van der Waals surface area contributed by atoms with E-state index in [9.17, 15) is 9.59 Å². The van der Waals surface area contributed by atoms with Crippen LogP contribution in [0.2, 0.25) is 5.02 Å². The lowest BCUT2D eigenvalue weighted by atomic mass is 9.97. The van der Waals surface area contributed by atoms with E-state index in [-0.39, 0.29) is 11.8 Å². The number of aryl methyl sites for hydroxylation is 2. The van der Waals surface area contributed by atoms with Gasteiger partial charge in [0.05, 0.1) is 11.4 Å². The summed E-state index contributed by atoms with van der Waals surface area (Å²) in [6, 6.07) is 12.1. The predicted octanol–water partition coefficient (Wildman–Crippen LogP) is 4.16. The van der Waals surface area contributed by atoms with Crippen LogP contribution in [-0.4, -0.2) is 28.3 Å². The van der Waals surface area contributed by atoms with Crippen LogP contribution in [-0.2, 0) is 4.79 Å². The van der Waals surface area contributed by atoms with Crippen molar-refractivity contribution in [3.8, 4) is 11.6 Å². The molecule has 1 atom stereocenters. The van der Waals surface area contributed by atoms with Gasteiger partial charge in [-0.1, -0.05) is 23.7 Å². The van der Waals surface area contributed by atoms with Gasteiger partial charge in [0.1, 0.15) is 5.75 Å². The lowest BCUT2D eigenvalue weighted by molar-refractivity contribution is -0.117. The van der Waals surface area contributed by atoms with Crippen molar-refractivity contribution in [2.45, 2.75) is 26.2 Å². The van der Waals surface area contributed by atoms with Crippen molar-refractivity contribution in [3.05, 3.63) is 76.2 Å². The second-order valence-electron chi connectivity index (χ2n) is 7.51. The molecule has 1 aliphatic heterocycles. The lowest BCUT2D eigenvalue weighted by Gasteiger charge is -2.19. The molecule has 1 aromatic heterocycles. The number of nitrogens with zero attached hydrogens (tertiary/aromatic N) is 3. The molecule has 0 aliphatic carbocycles. The first kappa shape index (κ1) is 20.8. The summed E-state index contributed by atoms with van der Waals surface area (Å²) in [5.41, 5.74) is 8.63. The predicted molar refractivity (Wildman–Crippen MR) is 118 cm³/mol. The largest absolute Gasteiger partial charge is 0.437 e. The van der Waals surface area contributed by atoms with Gasteiger partial charge in [-0.15, -0.1) is 0 Å². The number of amides is 2. The number of primary amides is 1. The van der Waals surface area contributed by atoms with Crippen molar-refractivity contribution < 1.29 is 14.3 Å². The molecule has 0 unspecified atom stereocenters. The molecule has 31 heavy (non-hydrogen) atoms. The van der Waals surface area contributed by atoms with E-state index in [1.165, 1.54) is 0 Å². The topological polar surface area (TPSA) is 98.4 Å². The molecule has 8 heteroatoms. The highest BCUT2D eigenvalue weighted by Gasteiger charge is 2.33. The molecule has 4 rings (SSSR count). The normalized spacial score (nSPS) is 15.9. The molecule has 1 fully saturated rings. The highest BCUT2D eigenvalue weighted by atomic mass is 35.5. The van der Waals surface area contributed by atoms with Crippen molar-refractivity contribution in [1.82, 2.24) is 9.97 Å². The number of rotatable bonds is 5. The fourth-order valence-electron chi connectivity index (χ4n) is 3.64. The number of hydrogen-bond donors (Lipinski definition) is 1. The van der Waals surface area contributed by atoms with Crippen LogP contribution in [0.3, 0.4) is 0 Å². The van der Waals surface area contributed by atoms with Gasteiger partial charge in [-0.25, -0.2) is 4.98 Å². The van der Waals surface area contributed by atoms with E-state index >= 15 is 0 Å². The van der Waals surface area contributed by atoms with Crippen LogP contribution in [0.5, 0.6) is 11.6 Å². The zero-order valence-corrected chi connectivity index (χ0v) is 17.9. The smallest absolute Gasteiger partial charge is 0.248 e. The maximum Gasteiger partial charge on any atom is 0.248 e. The third-order valence-electron chi connectivity index (χ3n) is 5.22. The van der Waals surface area contributed by atoms with Crippen LogP contribution in [0.1, 0.15) is 39.6 Å². The standard InChI is InChI=1S/C23H21ClN4O3/c1-13-11-26-14(2)23(27-13)31-20-10-17(24)6-7-19(20)16-9-21(29)28(12-16)18-5-3-4-15(8-18)22(25)30/h3-8,10-11,16H,9,12H2,1-2H3,(H2,25,30)/t16-/m0/s1. The fourth-order valence-corrected chi connectivity index (χ4v) is 3.80. The summed E-state index contributed by atoms with van der Waals surface area (Å²) < 4.78 is 6.09. The summed E-state index contributed by atoms with van der Waals surface area (Å²) in [5.74, 6) is 0.252. The van der Waals surface area contributed by atoms with E-state index in [4.69, 9.17) is 22.1 Å². The molecular formula is C23H21ClN4O3. The Hall–Kier alpha value is -3.45. The molecule has 1 aliphatic rings. The molecule has 1 saturated heterocycles. The molecule has 2 heterocycles. The second-order valence-corrected chi connectivity index (χ2v) is 7.94. The van der Waals surface area contributed by atoms with Crippen molar-refractivity contribution in [1.29, 1.82) is 0 Å². The number of ether oxygens (including phenoxy) is 1. The van der Waals surface area contributed by atoms with Gasteiger partial charge in [-0.05, 0) is 44.2 Å². The lowest BCUT2D eigenvalue weighted by Crippen LogP contribution is -2.24. The van der Waals surface area contributed by atoms with Gasteiger partial charge >= 0.3 is 0 Å². The third kappa shape index (κ3) is 4.36. The van der Waals surface area contributed by atoms with E-state index in [0.29, 0.717) is 46.6 Å². The number of hydrogen-bond acceptors (Lipinski definition) is 5. The Balaban J connectivity index is 1.65. The molecule has 0 spiro atoms. The van der Waals surface area contributed by atoms with Crippen molar-refractivity contribution in [2.75, 3.05) is 11.4 Å². The number of halogens is 1. The van der Waals surface area contributed by atoms with Crippen LogP contribution in [0.25, 0.3) is 0 Å². The summed E-state index contributed by atoms with van der Waals surface area (Å²) in [5, 5.41) is 0.521. The molecule has 2 amide bonds. The summed E-state index contributed by atoms with van der Waals surface area (Å²) in [6.07, 6.45) is 1.98. The Kier molecular flexibility index (Phi) is 5.61. The van der Waals surface area contributed by atoms with Crippen molar-refractivity contribution in [3.63, 3.8) is 0 Å². The zero-order valence-electron chi connectivity index (χ0n) is 17.1. The first-order chi connectivity index (χ1) is 14.8. The molecule has 158 valence electrons. The Bertz CT molecular complexity index is 1180. The number of aromatic nitrogens is 2. The van der Waals surface area contributed by atoms with Crippen LogP contribution in [0.15, 0.2) is 48.7 Å².